The van der Waals surface area contributed by atoms with Gasteiger partial charge in [-0.2, -0.15) is 4.98 Å². The summed E-state index contributed by atoms with van der Waals surface area (Å²) in [5, 5.41) is 3.34. The van der Waals surface area contributed by atoms with E-state index in [1.807, 2.05) is 0 Å². The van der Waals surface area contributed by atoms with Crippen molar-refractivity contribution < 1.29 is 4.42 Å². The van der Waals surface area contributed by atoms with Crippen LogP contribution in [0.15, 0.2) is 22.8 Å². The van der Waals surface area contributed by atoms with E-state index in [-0.39, 0.29) is 5.28 Å². The van der Waals surface area contributed by atoms with Crippen LogP contribution >= 0.6 is 23.2 Å². The highest BCUT2D eigenvalue weighted by molar-refractivity contribution is 6.36. The summed E-state index contributed by atoms with van der Waals surface area (Å²) in [6, 6.07) is 3.50. The third kappa shape index (κ3) is 1.91. The van der Waals surface area contributed by atoms with Gasteiger partial charge in [-0.3, -0.25) is 0 Å². The van der Waals surface area contributed by atoms with Gasteiger partial charge in [0.05, 0.1) is 6.26 Å². The topological polar surface area (TPSA) is 51.0 Å². The Labute approximate surface area is 96.2 Å². The first-order valence-electron chi connectivity index (χ1n) is 4.17. The first-order valence-corrected chi connectivity index (χ1v) is 4.92. The second-order valence-corrected chi connectivity index (χ2v) is 3.45. The molecule has 1 N–H and O–H groups in total. The third-order valence-electron chi connectivity index (χ3n) is 1.82. The number of anilines is 1. The van der Waals surface area contributed by atoms with Crippen LogP contribution in [-0.2, 0) is 0 Å². The molecule has 0 unspecified atom stereocenters. The molecule has 0 aliphatic rings. The number of furan rings is 1. The summed E-state index contributed by atoms with van der Waals surface area (Å²) in [5.74, 6) is 1.03. The molecule has 0 spiro atoms. The highest BCUT2D eigenvalue weighted by atomic mass is 35.5. The van der Waals surface area contributed by atoms with Crippen LogP contribution < -0.4 is 5.32 Å². The van der Waals surface area contributed by atoms with Crippen molar-refractivity contribution >= 4 is 29.0 Å². The van der Waals surface area contributed by atoms with Gasteiger partial charge in [0.1, 0.15) is 16.5 Å². The molecule has 2 rings (SSSR count). The van der Waals surface area contributed by atoms with Crippen LogP contribution in [0, 0.1) is 0 Å². The van der Waals surface area contributed by atoms with Gasteiger partial charge in [-0.1, -0.05) is 11.6 Å². The maximum atomic E-state index is 6.07. The Hall–Kier alpha value is -1.26. The number of halogens is 2. The number of aromatic nitrogens is 2. The van der Waals surface area contributed by atoms with E-state index >= 15 is 0 Å². The van der Waals surface area contributed by atoms with E-state index in [0.717, 1.165) is 0 Å². The van der Waals surface area contributed by atoms with Gasteiger partial charge in [0, 0.05) is 7.05 Å². The van der Waals surface area contributed by atoms with Crippen LogP contribution in [-0.4, -0.2) is 17.0 Å². The minimum Gasteiger partial charge on any atom is -0.463 e. The number of nitrogens with one attached hydrogen (secondary N) is 1. The van der Waals surface area contributed by atoms with Crippen molar-refractivity contribution in [1.29, 1.82) is 0 Å². The van der Waals surface area contributed by atoms with Gasteiger partial charge < -0.3 is 9.73 Å². The fourth-order valence-electron chi connectivity index (χ4n) is 1.16. The van der Waals surface area contributed by atoms with Crippen molar-refractivity contribution in [2.24, 2.45) is 0 Å². The normalized spacial score (nSPS) is 10.3. The van der Waals surface area contributed by atoms with Gasteiger partial charge in [-0.05, 0) is 23.7 Å². The lowest BCUT2D eigenvalue weighted by Gasteiger charge is -2.05. The van der Waals surface area contributed by atoms with E-state index < -0.39 is 0 Å². The second kappa shape index (κ2) is 4.08. The molecule has 0 saturated heterocycles. The Bertz CT molecular complexity index is 470. The van der Waals surface area contributed by atoms with Gasteiger partial charge >= 0.3 is 0 Å². The van der Waals surface area contributed by atoms with E-state index in [4.69, 9.17) is 27.6 Å². The van der Waals surface area contributed by atoms with Gasteiger partial charge in [0.2, 0.25) is 5.28 Å². The van der Waals surface area contributed by atoms with E-state index in [1.165, 1.54) is 0 Å². The van der Waals surface area contributed by atoms with Crippen LogP contribution in [0.4, 0.5) is 5.82 Å². The lowest BCUT2D eigenvalue weighted by atomic mass is 10.3. The summed E-state index contributed by atoms with van der Waals surface area (Å²) in [4.78, 5) is 7.94. The zero-order valence-electron chi connectivity index (χ0n) is 7.79. The summed E-state index contributed by atoms with van der Waals surface area (Å²) in [6.07, 6.45) is 1.54. The molecule has 0 aliphatic carbocycles. The van der Waals surface area contributed by atoms with Crippen molar-refractivity contribution in [2.45, 2.75) is 0 Å². The lowest BCUT2D eigenvalue weighted by molar-refractivity contribution is 0.580. The average Bonchev–Trinajstić information content (AvgIpc) is 2.74. The molecule has 2 aromatic heterocycles. The van der Waals surface area contributed by atoms with E-state index in [2.05, 4.69) is 15.3 Å². The zero-order chi connectivity index (χ0) is 10.8. The molecule has 2 aromatic rings. The van der Waals surface area contributed by atoms with Crippen LogP contribution in [0.3, 0.4) is 0 Å². The average molecular weight is 244 g/mol. The predicted octanol–water partition coefficient (Wildman–Crippen LogP) is 3.09. The molecular formula is C9H7Cl2N3O. The summed E-state index contributed by atoms with van der Waals surface area (Å²) in [6.45, 7) is 0. The molecule has 0 aliphatic heterocycles. The molecule has 2 heterocycles. The van der Waals surface area contributed by atoms with Crippen LogP contribution in [0.25, 0.3) is 11.5 Å². The molecule has 0 atom stereocenters. The number of nitrogens with zero attached hydrogens (tertiary/aromatic N) is 2. The predicted molar refractivity (Wildman–Crippen MR) is 59.3 cm³/mol. The Morgan fingerprint density at radius 1 is 1.33 bits per heavy atom. The maximum Gasteiger partial charge on any atom is 0.225 e. The molecule has 15 heavy (non-hydrogen) atoms. The van der Waals surface area contributed by atoms with Crippen molar-refractivity contribution in [3.05, 3.63) is 28.7 Å². The number of hydrogen-bond acceptors (Lipinski definition) is 4. The highest BCUT2D eigenvalue weighted by Crippen LogP contribution is 2.31. The monoisotopic (exact) mass is 243 g/mol. The van der Waals surface area contributed by atoms with Crippen LogP contribution in [0.1, 0.15) is 0 Å². The first kappa shape index (κ1) is 10.3. The first-order chi connectivity index (χ1) is 7.22. The standard InChI is InChI=1S/C9H7Cl2N3O/c1-12-8-6(10)7(13-9(11)14-8)5-3-2-4-15-5/h2-4H,1H3,(H,12,13,14). The van der Waals surface area contributed by atoms with Gasteiger partial charge in [0.25, 0.3) is 0 Å². The molecule has 0 fully saturated rings. The van der Waals surface area contributed by atoms with Crippen LogP contribution in [0.2, 0.25) is 10.3 Å². The smallest absolute Gasteiger partial charge is 0.225 e. The third-order valence-corrected chi connectivity index (χ3v) is 2.34. The molecule has 0 amide bonds. The molecular weight excluding hydrogens is 237 g/mol. The molecule has 0 bridgehead atoms. The second-order valence-electron chi connectivity index (χ2n) is 2.73. The summed E-state index contributed by atoms with van der Waals surface area (Å²) < 4.78 is 5.19. The summed E-state index contributed by atoms with van der Waals surface area (Å²) in [5.41, 5.74) is 0.478. The Morgan fingerprint density at radius 3 is 2.73 bits per heavy atom. The summed E-state index contributed by atoms with van der Waals surface area (Å²) >= 11 is 11.8. The van der Waals surface area contributed by atoms with Crippen molar-refractivity contribution in [2.75, 3.05) is 12.4 Å². The van der Waals surface area contributed by atoms with Crippen LogP contribution in [0.5, 0.6) is 0 Å². The van der Waals surface area contributed by atoms with Gasteiger partial charge in [-0.15, -0.1) is 0 Å². The number of hydrogen-bond donors (Lipinski definition) is 1. The SMILES string of the molecule is CNc1nc(Cl)nc(-c2ccco2)c1Cl. The molecule has 6 heteroatoms. The number of rotatable bonds is 2. The Morgan fingerprint density at radius 2 is 2.13 bits per heavy atom. The zero-order valence-corrected chi connectivity index (χ0v) is 9.30. The molecule has 4 nitrogen and oxygen atoms in total. The Balaban J connectivity index is 2.61. The van der Waals surface area contributed by atoms with E-state index in [9.17, 15) is 0 Å². The lowest BCUT2D eigenvalue weighted by Crippen LogP contribution is -1.97. The molecule has 0 saturated carbocycles. The van der Waals surface area contributed by atoms with Gasteiger partial charge in [-0.25, -0.2) is 4.98 Å². The quantitative estimate of drug-likeness (QED) is 0.824. The fourth-order valence-corrected chi connectivity index (χ4v) is 1.60. The van der Waals surface area contributed by atoms with E-state index in [1.54, 1.807) is 25.4 Å². The Kier molecular flexibility index (Phi) is 2.79. The van der Waals surface area contributed by atoms with Crippen molar-refractivity contribution in [3.63, 3.8) is 0 Å². The summed E-state index contributed by atoms with van der Waals surface area (Å²) in [7, 11) is 1.70. The fraction of sp³-hybridized carbons (Fsp3) is 0.111. The highest BCUT2D eigenvalue weighted by Gasteiger charge is 2.14. The van der Waals surface area contributed by atoms with Crippen molar-refractivity contribution in [3.8, 4) is 11.5 Å². The van der Waals surface area contributed by atoms with Crippen molar-refractivity contribution in [1.82, 2.24) is 9.97 Å². The minimum absolute atomic E-state index is 0.121. The van der Waals surface area contributed by atoms with E-state index in [0.29, 0.717) is 22.3 Å². The maximum absolute atomic E-state index is 6.07. The largest absolute Gasteiger partial charge is 0.463 e. The minimum atomic E-state index is 0.121. The molecule has 78 valence electrons. The molecule has 0 radical (unpaired) electrons. The molecule has 0 aromatic carbocycles. The van der Waals surface area contributed by atoms with Gasteiger partial charge in [0.15, 0.2) is 5.76 Å².